The second-order valence-corrected chi connectivity index (χ2v) is 6.82. The molecule has 2 atom stereocenters. The second kappa shape index (κ2) is 8.92. The standard InChI is InChI=1S/C19H29NO3/c1-14(2)9-10-15(3)20-19(21)16-6-4-7-17(12-16)23-13-18-8-5-11-22-18/h4,6-7,12,14-15,18H,5,8-11,13H2,1-3H3,(H,20,21). The molecule has 4 nitrogen and oxygen atoms in total. The number of carbonyl (C=O) groups is 1. The molecule has 1 aliphatic rings. The van der Waals surface area contributed by atoms with Gasteiger partial charge >= 0.3 is 0 Å². The number of hydrogen-bond donors (Lipinski definition) is 1. The number of ether oxygens (including phenoxy) is 2. The third kappa shape index (κ3) is 6.22. The molecule has 0 spiro atoms. The Morgan fingerprint density at radius 1 is 1.35 bits per heavy atom. The SMILES string of the molecule is CC(C)CCC(C)NC(=O)c1cccc(OCC2CCCO2)c1. The van der Waals surface area contributed by atoms with Crippen molar-refractivity contribution in [2.45, 2.75) is 58.6 Å². The van der Waals surface area contributed by atoms with E-state index in [1.165, 1.54) is 0 Å². The third-order valence-electron chi connectivity index (χ3n) is 4.11. The van der Waals surface area contributed by atoms with Crippen LogP contribution in [0.2, 0.25) is 0 Å². The highest BCUT2D eigenvalue weighted by Crippen LogP contribution is 2.17. The zero-order valence-electron chi connectivity index (χ0n) is 14.5. The highest BCUT2D eigenvalue weighted by Gasteiger charge is 2.16. The van der Waals surface area contributed by atoms with Crippen LogP contribution in [0.25, 0.3) is 0 Å². The molecular formula is C19H29NO3. The summed E-state index contributed by atoms with van der Waals surface area (Å²) in [6.45, 7) is 7.82. The maximum atomic E-state index is 12.3. The highest BCUT2D eigenvalue weighted by atomic mass is 16.5. The van der Waals surface area contributed by atoms with Gasteiger partial charge in [-0.05, 0) is 56.7 Å². The third-order valence-corrected chi connectivity index (χ3v) is 4.11. The number of nitrogens with one attached hydrogen (secondary N) is 1. The van der Waals surface area contributed by atoms with Crippen LogP contribution in [0.5, 0.6) is 5.75 Å². The van der Waals surface area contributed by atoms with E-state index in [4.69, 9.17) is 9.47 Å². The molecule has 2 rings (SSSR count). The normalized spacial score (nSPS) is 18.9. The summed E-state index contributed by atoms with van der Waals surface area (Å²) in [6.07, 6.45) is 4.45. The van der Waals surface area contributed by atoms with Crippen LogP contribution < -0.4 is 10.1 Å². The first-order chi connectivity index (χ1) is 11.0. The molecule has 0 aromatic heterocycles. The van der Waals surface area contributed by atoms with E-state index in [2.05, 4.69) is 26.1 Å². The summed E-state index contributed by atoms with van der Waals surface area (Å²) in [7, 11) is 0. The monoisotopic (exact) mass is 319 g/mol. The van der Waals surface area contributed by atoms with Crippen LogP contribution in [0.1, 0.15) is 56.8 Å². The van der Waals surface area contributed by atoms with Crippen molar-refractivity contribution < 1.29 is 14.3 Å². The van der Waals surface area contributed by atoms with Crippen LogP contribution in [-0.4, -0.2) is 31.3 Å². The van der Waals surface area contributed by atoms with Gasteiger partial charge in [-0.3, -0.25) is 4.79 Å². The number of hydrogen-bond acceptors (Lipinski definition) is 3. The molecule has 1 fully saturated rings. The van der Waals surface area contributed by atoms with Crippen molar-refractivity contribution in [1.82, 2.24) is 5.32 Å². The molecule has 128 valence electrons. The lowest BCUT2D eigenvalue weighted by atomic mass is 10.0. The van der Waals surface area contributed by atoms with E-state index in [0.717, 1.165) is 38.0 Å². The van der Waals surface area contributed by atoms with Crippen molar-refractivity contribution >= 4 is 5.91 Å². The molecule has 0 bridgehead atoms. The van der Waals surface area contributed by atoms with E-state index in [1.54, 1.807) is 6.07 Å². The van der Waals surface area contributed by atoms with Crippen molar-refractivity contribution in [2.24, 2.45) is 5.92 Å². The lowest BCUT2D eigenvalue weighted by molar-refractivity contribution is 0.0679. The number of carbonyl (C=O) groups excluding carboxylic acids is 1. The first-order valence-corrected chi connectivity index (χ1v) is 8.70. The van der Waals surface area contributed by atoms with Gasteiger partial charge in [0.05, 0.1) is 6.10 Å². The average Bonchev–Trinajstić information content (AvgIpc) is 3.04. The summed E-state index contributed by atoms with van der Waals surface area (Å²) < 4.78 is 11.3. The molecule has 4 heteroatoms. The van der Waals surface area contributed by atoms with E-state index in [0.29, 0.717) is 18.1 Å². The minimum Gasteiger partial charge on any atom is -0.491 e. The summed E-state index contributed by atoms with van der Waals surface area (Å²) in [6, 6.07) is 7.55. The Hall–Kier alpha value is -1.55. The fourth-order valence-corrected chi connectivity index (χ4v) is 2.65. The molecule has 0 radical (unpaired) electrons. The molecule has 0 saturated carbocycles. The molecular weight excluding hydrogens is 290 g/mol. The van der Waals surface area contributed by atoms with Crippen LogP contribution >= 0.6 is 0 Å². The Kier molecular flexibility index (Phi) is 6.90. The van der Waals surface area contributed by atoms with Gasteiger partial charge in [0.15, 0.2) is 0 Å². The maximum absolute atomic E-state index is 12.3. The van der Waals surface area contributed by atoms with Crippen molar-refractivity contribution in [1.29, 1.82) is 0 Å². The van der Waals surface area contributed by atoms with E-state index < -0.39 is 0 Å². The van der Waals surface area contributed by atoms with Gasteiger partial charge in [0, 0.05) is 18.2 Å². The van der Waals surface area contributed by atoms with Gasteiger partial charge in [0.25, 0.3) is 5.91 Å². The maximum Gasteiger partial charge on any atom is 0.251 e. The quantitative estimate of drug-likeness (QED) is 0.793. The van der Waals surface area contributed by atoms with Crippen LogP contribution in [-0.2, 0) is 4.74 Å². The first-order valence-electron chi connectivity index (χ1n) is 8.70. The summed E-state index contributed by atoms with van der Waals surface area (Å²) in [5.41, 5.74) is 0.645. The highest BCUT2D eigenvalue weighted by molar-refractivity contribution is 5.94. The van der Waals surface area contributed by atoms with Crippen molar-refractivity contribution in [3.63, 3.8) is 0 Å². The Balaban J connectivity index is 1.83. The molecule has 1 aliphatic heterocycles. The predicted molar refractivity (Wildman–Crippen MR) is 91.9 cm³/mol. The van der Waals surface area contributed by atoms with Crippen molar-refractivity contribution in [3.8, 4) is 5.75 Å². The van der Waals surface area contributed by atoms with Gasteiger partial charge in [-0.2, -0.15) is 0 Å². The molecule has 1 N–H and O–H groups in total. The van der Waals surface area contributed by atoms with Crippen LogP contribution in [0.15, 0.2) is 24.3 Å². The summed E-state index contributed by atoms with van der Waals surface area (Å²) in [5.74, 6) is 1.34. The predicted octanol–water partition coefficient (Wildman–Crippen LogP) is 3.80. The van der Waals surface area contributed by atoms with Crippen LogP contribution in [0.4, 0.5) is 0 Å². The smallest absolute Gasteiger partial charge is 0.251 e. The largest absolute Gasteiger partial charge is 0.491 e. The van der Waals surface area contributed by atoms with Gasteiger partial charge in [0.2, 0.25) is 0 Å². The van der Waals surface area contributed by atoms with E-state index in [-0.39, 0.29) is 18.1 Å². The molecule has 0 aliphatic carbocycles. The molecule has 1 amide bonds. The number of benzene rings is 1. The van der Waals surface area contributed by atoms with E-state index >= 15 is 0 Å². The average molecular weight is 319 g/mol. The first kappa shape index (κ1) is 17.8. The summed E-state index contributed by atoms with van der Waals surface area (Å²) >= 11 is 0. The molecule has 23 heavy (non-hydrogen) atoms. The molecule has 1 aromatic rings. The lowest BCUT2D eigenvalue weighted by Gasteiger charge is -2.16. The van der Waals surface area contributed by atoms with E-state index in [9.17, 15) is 4.79 Å². The van der Waals surface area contributed by atoms with Gasteiger partial charge in [-0.15, -0.1) is 0 Å². The Morgan fingerprint density at radius 3 is 2.87 bits per heavy atom. The zero-order chi connectivity index (χ0) is 16.7. The lowest BCUT2D eigenvalue weighted by Crippen LogP contribution is -2.32. The Bertz CT molecular complexity index is 495. The van der Waals surface area contributed by atoms with Crippen molar-refractivity contribution in [2.75, 3.05) is 13.2 Å². The molecule has 1 aromatic carbocycles. The Morgan fingerprint density at radius 2 is 2.17 bits per heavy atom. The zero-order valence-corrected chi connectivity index (χ0v) is 14.5. The van der Waals surface area contributed by atoms with Gasteiger partial charge in [-0.1, -0.05) is 19.9 Å². The van der Waals surface area contributed by atoms with Crippen LogP contribution in [0.3, 0.4) is 0 Å². The van der Waals surface area contributed by atoms with Crippen LogP contribution in [0, 0.1) is 5.92 Å². The van der Waals surface area contributed by atoms with E-state index in [1.807, 2.05) is 18.2 Å². The van der Waals surface area contributed by atoms with Gasteiger partial charge in [-0.25, -0.2) is 0 Å². The minimum absolute atomic E-state index is 0.0381. The fraction of sp³-hybridized carbons (Fsp3) is 0.632. The Labute approximate surface area is 139 Å². The van der Waals surface area contributed by atoms with Gasteiger partial charge < -0.3 is 14.8 Å². The summed E-state index contributed by atoms with van der Waals surface area (Å²) in [4.78, 5) is 12.3. The molecule has 2 unspecified atom stereocenters. The summed E-state index contributed by atoms with van der Waals surface area (Å²) in [5, 5.41) is 3.06. The molecule has 1 heterocycles. The van der Waals surface area contributed by atoms with Gasteiger partial charge in [0.1, 0.15) is 12.4 Å². The second-order valence-electron chi connectivity index (χ2n) is 6.82. The number of amides is 1. The van der Waals surface area contributed by atoms with Crippen molar-refractivity contribution in [3.05, 3.63) is 29.8 Å². The number of rotatable bonds is 8. The molecule has 1 saturated heterocycles. The fourth-order valence-electron chi connectivity index (χ4n) is 2.65. The topological polar surface area (TPSA) is 47.6 Å². The minimum atomic E-state index is -0.0381.